The molecular formula is C8H16F3O4P. The second kappa shape index (κ2) is 6.59. The fourth-order valence-corrected chi connectivity index (χ4v) is 1.90. The minimum absolute atomic E-state index is 0.0109. The summed E-state index contributed by atoms with van der Waals surface area (Å²) >= 11 is 0. The molecule has 0 rings (SSSR count). The van der Waals surface area contributed by atoms with Crippen LogP contribution in [-0.2, 0) is 13.6 Å². The highest BCUT2D eigenvalue weighted by atomic mass is 31.2. The van der Waals surface area contributed by atoms with Gasteiger partial charge in [-0.3, -0.25) is 9.05 Å². The van der Waals surface area contributed by atoms with E-state index in [-0.39, 0.29) is 6.61 Å². The third kappa shape index (κ3) is 9.15. The molecule has 0 bridgehead atoms. The molecule has 0 radical (unpaired) electrons. The van der Waals surface area contributed by atoms with Crippen molar-refractivity contribution < 1.29 is 31.7 Å². The maximum atomic E-state index is 11.9. The van der Waals surface area contributed by atoms with Gasteiger partial charge >= 0.3 is 14.0 Å². The van der Waals surface area contributed by atoms with E-state index in [9.17, 15) is 17.7 Å². The Morgan fingerprint density at radius 2 is 2.00 bits per heavy atom. The van der Waals surface area contributed by atoms with Crippen molar-refractivity contribution in [2.75, 3.05) is 6.61 Å². The number of rotatable bonds is 7. The Kier molecular flexibility index (Phi) is 6.55. The highest BCUT2D eigenvalue weighted by Crippen LogP contribution is 2.45. The Balaban J connectivity index is 4.00. The molecule has 0 spiro atoms. The topological polar surface area (TPSA) is 55.8 Å². The van der Waals surface area contributed by atoms with Crippen LogP contribution in [0, 0.1) is 0 Å². The number of phosphoric ester groups is 1. The normalized spacial score (nSPS) is 18.1. The van der Waals surface area contributed by atoms with E-state index < -0.39 is 26.5 Å². The predicted molar refractivity (Wildman–Crippen MR) is 51.9 cm³/mol. The second-order valence-corrected chi connectivity index (χ2v) is 4.80. The first kappa shape index (κ1) is 15.9. The summed E-state index contributed by atoms with van der Waals surface area (Å²) < 4.78 is 55.6. The first-order valence-corrected chi connectivity index (χ1v) is 6.38. The Bertz CT molecular complexity index is 244. The van der Waals surface area contributed by atoms with Crippen LogP contribution in [0.15, 0.2) is 0 Å². The molecule has 0 fully saturated rings. The third-order valence-corrected chi connectivity index (χ3v) is 2.72. The molecule has 1 N–H and O–H groups in total. The van der Waals surface area contributed by atoms with Gasteiger partial charge in [-0.05, 0) is 13.3 Å². The Hall–Kier alpha value is -0.100. The lowest BCUT2D eigenvalue weighted by Crippen LogP contribution is -2.19. The molecule has 2 unspecified atom stereocenters. The van der Waals surface area contributed by atoms with Crippen LogP contribution in [0.3, 0.4) is 0 Å². The van der Waals surface area contributed by atoms with Gasteiger partial charge in [0.05, 0.1) is 19.1 Å². The molecular weight excluding hydrogens is 248 g/mol. The molecule has 8 heteroatoms. The Morgan fingerprint density at radius 1 is 1.44 bits per heavy atom. The molecule has 0 aliphatic heterocycles. The molecule has 0 aromatic heterocycles. The average molecular weight is 264 g/mol. The average Bonchev–Trinajstić information content (AvgIpc) is 1.98. The van der Waals surface area contributed by atoms with E-state index in [2.05, 4.69) is 9.05 Å². The lowest BCUT2D eigenvalue weighted by atomic mass is 10.3. The summed E-state index contributed by atoms with van der Waals surface area (Å²) in [4.78, 5) is 9.05. The summed E-state index contributed by atoms with van der Waals surface area (Å²) in [7, 11) is -4.36. The monoisotopic (exact) mass is 264 g/mol. The van der Waals surface area contributed by atoms with Crippen molar-refractivity contribution in [1.29, 1.82) is 0 Å². The van der Waals surface area contributed by atoms with Crippen molar-refractivity contribution in [3.05, 3.63) is 0 Å². The third-order valence-electron chi connectivity index (χ3n) is 1.58. The molecule has 16 heavy (non-hydrogen) atoms. The first-order valence-electron chi connectivity index (χ1n) is 4.89. The standard InChI is InChI=1S/C8H16F3O4P/c1-3-4-5-14-16(12,13)15-7(2)6-8(9,10)11/h7H,3-6H2,1-2H3,(H,12,13). The van der Waals surface area contributed by atoms with Crippen molar-refractivity contribution in [3.8, 4) is 0 Å². The van der Waals surface area contributed by atoms with Crippen molar-refractivity contribution >= 4 is 7.82 Å². The molecule has 0 aliphatic carbocycles. The number of halogens is 3. The van der Waals surface area contributed by atoms with E-state index in [1.807, 2.05) is 6.92 Å². The van der Waals surface area contributed by atoms with E-state index in [1.54, 1.807) is 0 Å². The minimum atomic E-state index is -4.43. The molecule has 2 atom stereocenters. The number of alkyl halides is 3. The number of phosphoric acid groups is 1. The van der Waals surface area contributed by atoms with E-state index in [0.29, 0.717) is 6.42 Å². The Morgan fingerprint density at radius 3 is 2.44 bits per heavy atom. The van der Waals surface area contributed by atoms with Crippen LogP contribution >= 0.6 is 7.82 Å². The second-order valence-electron chi connectivity index (χ2n) is 3.39. The first-order chi connectivity index (χ1) is 7.16. The van der Waals surface area contributed by atoms with Gasteiger partial charge in [-0.1, -0.05) is 13.3 Å². The summed E-state index contributed by atoms with van der Waals surface area (Å²) in [5, 5.41) is 0. The maximum absolute atomic E-state index is 11.9. The van der Waals surface area contributed by atoms with Gasteiger partial charge in [0.25, 0.3) is 0 Å². The summed E-state index contributed by atoms with van der Waals surface area (Å²) in [6, 6.07) is 0. The van der Waals surface area contributed by atoms with Gasteiger partial charge in [-0.25, -0.2) is 4.57 Å². The maximum Gasteiger partial charge on any atom is 0.472 e. The zero-order chi connectivity index (χ0) is 12.8. The van der Waals surface area contributed by atoms with E-state index in [4.69, 9.17) is 4.89 Å². The van der Waals surface area contributed by atoms with Crippen LogP contribution in [0.2, 0.25) is 0 Å². The summed E-state index contributed by atoms with van der Waals surface area (Å²) in [5.74, 6) is 0. The summed E-state index contributed by atoms with van der Waals surface area (Å²) in [6.07, 6.45) is -5.82. The molecule has 4 nitrogen and oxygen atoms in total. The molecule has 0 aliphatic rings. The van der Waals surface area contributed by atoms with Crippen molar-refractivity contribution in [1.82, 2.24) is 0 Å². The molecule has 0 amide bonds. The zero-order valence-corrected chi connectivity index (χ0v) is 10.1. The predicted octanol–water partition coefficient (Wildman–Crippen LogP) is 3.26. The fraction of sp³-hybridized carbons (Fsp3) is 1.00. The quantitative estimate of drug-likeness (QED) is 0.566. The van der Waals surface area contributed by atoms with E-state index >= 15 is 0 Å². The molecule has 0 saturated carbocycles. The molecule has 0 aromatic carbocycles. The van der Waals surface area contributed by atoms with Gasteiger partial charge in [0.1, 0.15) is 0 Å². The van der Waals surface area contributed by atoms with Gasteiger partial charge in [0.15, 0.2) is 0 Å². The van der Waals surface area contributed by atoms with Gasteiger partial charge in [-0.2, -0.15) is 13.2 Å². The smallest absolute Gasteiger partial charge is 0.302 e. The molecule has 98 valence electrons. The van der Waals surface area contributed by atoms with Gasteiger partial charge in [0, 0.05) is 0 Å². The van der Waals surface area contributed by atoms with Gasteiger partial charge in [-0.15, -0.1) is 0 Å². The highest BCUT2D eigenvalue weighted by Gasteiger charge is 2.34. The zero-order valence-electron chi connectivity index (χ0n) is 9.16. The van der Waals surface area contributed by atoms with Crippen LogP contribution in [0.25, 0.3) is 0 Å². The summed E-state index contributed by atoms with van der Waals surface area (Å²) in [5.41, 5.74) is 0. The lowest BCUT2D eigenvalue weighted by Gasteiger charge is -2.18. The number of unbranched alkanes of at least 4 members (excludes halogenated alkanes) is 1. The fourth-order valence-electron chi connectivity index (χ4n) is 0.945. The van der Waals surface area contributed by atoms with Crippen LogP contribution in [0.1, 0.15) is 33.1 Å². The number of hydrogen-bond donors (Lipinski definition) is 1. The molecule has 0 saturated heterocycles. The number of hydrogen-bond acceptors (Lipinski definition) is 3. The lowest BCUT2D eigenvalue weighted by molar-refractivity contribution is -0.150. The van der Waals surface area contributed by atoms with E-state index in [1.165, 1.54) is 0 Å². The van der Waals surface area contributed by atoms with Crippen LogP contribution < -0.4 is 0 Å². The van der Waals surface area contributed by atoms with Crippen molar-refractivity contribution in [2.24, 2.45) is 0 Å². The summed E-state index contributed by atoms with van der Waals surface area (Å²) in [6.45, 7) is 2.90. The SMILES string of the molecule is CCCCOP(=O)(O)OC(C)CC(F)(F)F. The van der Waals surface area contributed by atoms with E-state index in [0.717, 1.165) is 13.3 Å². The van der Waals surface area contributed by atoms with Crippen LogP contribution in [0.4, 0.5) is 13.2 Å². The Labute approximate surface area is 92.4 Å². The highest BCUT2D eigenvalue weighted by molar-refractivity contribution is 7.47. The van der Waals surface area contributed by atoms with Gasteiger partial charge < -0.3 is 4.89 Å². The minimum Gasteiger partial charge on any atom is -0.302 e. The van der Waals surface area contributed by atoms with Crippen molar-refractivity contribution in [3.63, 3.8) is 0 Å². The molecule has 0 aromatic rings. The van der Waals surface area contributed by atoms with Crippen LogP contribution in [0.5, 0.6) is 0 Å². The largest absolute Gasteiger partial charge is 0.472 e. The van der Waals surface area contributed by atoms with Crippen LogP contribution in [-0.4, -0.2) is 23.8 Å². The molecule has 0 heterocycles. The van der Waals surface area contributed by atoms with Gasteiger partial charge in [0.2, 0.25) is 0 Å². The van der Waals surface area contributed by atoms with Crippen molar-refractivity contribution in [2.45, 2.75) is 45.4 Å².